The zero-order valence-electron chi connectivity index (χ0n) is 35.0. The van der Waals surface area contributed by atoms with Crippen LogP contribution in [-0.4, -0.2) is 77.2 Å². The molecule has 0 spiro atoms. The highest BCUT2D eigenvalue weighted by molar-refractivity contribution is 7.22. The Balaban J connectivity index is 1.05. The predicted molar refractivity (Wildman–Crippen MR) is 233 cm³/mol. The number of amides is 1. The van der Waals surface area contributed by atoms with E-state index in [2.05, 4.69) is 26.2 Å². The number of likely N-dealkylation sites (tertiary alicyclic amines) is 1. The number of ether oxygens (including phenoxy) is 3. The second kappa shape index (κ2) is 18.3. The Labute approximate surface area is 351 Å². The maximum absolute atomic E-state index is 13.9. The monoisotopic (exact) mass is 817 g/mol. The number of anilines is 2. The Morgan fingerprint density at radius 2 is 1.71 bits per heavy atom. The van der Waals surface area contributed by atoms with Gasteiger partial charge in [0.2, 0.25) is 0 Å². The lowest BCUT2D eigenvalue weighted by molar-refractivity contribution is -0.149. The van der Waals surface area contributed by atoms with Gasteiger partial charge in [0.05, 0.1) is 23.4 Å². The Hall–Kier alpha value is -5.33. The van der Waals surface area contributed by atoms with Gasteiger partial charge in [-0.3, -0.25) is 19.8 Å². The van der Waals surface area contributed by atoms with Gasteiger partial charge in [-0.15, -0.1) is 0 Å². The van der Waals surface area contributed by atoms with Crippen LogP contribution in [0.5, 0.6) is 5.75 Å². The van der Waals surface area contributed by atoms with Crippen molar-refractivity contribution in [3.8, 4) is 16.9 Å². The van der Waals surface area contributed by atoms with Crippen molar-refractivity contribution >= 4 is 50.3 Å². The Kier molecular flexibility index (Phi) is 13.0. The van der Waals surface area contributed by atoms with E-state index < -0.39 is 11.6 Å². The summed E-state index contributed by atoms with van der Waals surface area (Å²) < 4.78 is 18.5. The van der Waals surface area contributed by atoms with Crippen LogP contribution in [0, 0.1) is 12.8 Å². The van der Waals surface area contributed by atoms with E-state index in [1.165, 1.54) is 11.3 Å². The van der Waals surface area contributed by atoms with E-state index in [1.54, 1.807) is 0 Å². The number of nitrogens with zero attached hydrogens (tertiary/aromatic N) is 4. The number of hydrogen-bond acceptors (Lipinski definition) is 11. The summed E-state index contributed by atoms with van der Waals surface area (Å²) in [7, 11) is 0. The van der Waals surface area contributed by atoms with E-state index in [1.807, 2.05) is 108 Å². The molecular formula is C47H55N5O6S. The van der Waals surface area contributed by atoms with Gasteiger partial charge in [0.25, 0.3) is 5.91 Å². The van der Waals surface area contributed by atoms with Gasteiger partial charge < -0.3 is 19.1 Å². The number of thiazole rings is 1. The van der Waals surface area contributed by atoms with Crippen molar-refractivity contribution in [2.45, 2.75) is 91.8 Å². The SMILES string of the molecule is CCOC(=O)[C@H](C)N1CCC(CCCOc2cccc(-c3ccc(N4CCc5cccc(C(=O)Nc6nc7ccccc7s6)c5C4)nc3C(=O)OC(C)(C)C)c2C)CC1. The molecule has 0 unspecified atom stereocenters. The number of benzene rings is 3. The summed E-state index contributed by atoms with van der Waals surface area (Å²) in [4.78, 5) is 53.8. The summed E-state index contributed by atoms with van der Waals surface area (Å²) in [6, 6.07) is 23.3. The van der Waals surface area contributed by atoms with E-state index in [9.17, 15) is 14.4 Å². The first kappa shape index (κ1) is 41.8. The van der Waals surface area contributed by atoms with Crippen LogP contribution in [0.3, 0.4) is 0 Å². The number of esters is 2. The van der Waals surface area contributed by atoms with E-state index in [4.69, 9.17) is 19.2 Å². The zero-order valence-corrected chi connectivity index (χ0v) is 35.8. The summed E-state index contributed by atoms with van der Waals surface area (Å²) in [6.07, 6.45) is 4.81. The van der Waals surface area contributed by atoms with Gasteiger partial charge >= 0.3 is 11.9 Å². The van der Waals surface area contributed by atoms with Crippen LogP contribution in [0.1, 0.15) is 97.8 Å². The Morgan fingerprint density at radius 3 is 2.47 bits per heavy atom. The smallest absolute Gasteiger partial charge is 0.358 e. The average molecular weight is 818 g/mol. The maximum atomic E-state index is 13.9. The topological polar surface area (TPSA) is 123 Å². The molecule has 4 heterocycles. The van der Waals surface area contributed by atoms with Gasteiger partial charge in [-0.1, -0.05) is 47.7 Å². The number of aromatic nitrogens is 2. The molecule has 2 aliphatic heterocycles. The molecule has 0 aliphatic carbocycles. The largest absolute Gasteiger partial charge is 0.493 e. The number of para-hydroxylation sites is 1. The highest BCUT2D eigenvalue weighted by Gasteiger charge is 2.29. The number of carbonyl (C=O) groups is 3. The first-order chi connectivity index (χ1) is 28.4. The van der Waals surface area contributed by atoms with Crippen LogP contribution in [-0.2, 0) is 27.2 Å². The fourth-order valence-corrected chi connectivity index (χ4v) is 8.92. The van der Waals surface area contributed by atoms with Crippen LogP contribution in [0.4, 0.5) is 10.9 Å². The molecule has 7 rings (SSSR count). The van der Waals surface area contributed by atoms with Crippen molar-refractivity contribution in [1.82, 2.24) is 14.9 Å². The van der Waals surface area contributed by atoms with E-state index in [0.29, 0.717) is 54.3 Å². The average Bonchev–Trinajstić information content (AvgIpc) is 3.64. The third-order valence-electron chi connectivity index (χ3n) is 11.2. The molecule has 310 valence electrons. The van der Waals surface area contributed by atoms with E-state index in [0.717, 1.165) is 83.4 Å². The molecule has 2 aromatic heterocycles. The number of hydrogen-bond donors (Lipinski definition) is 1. The molecule has 1 fully saturated rings. The van der Waals surface area contributed by atoms with Crippen molar-refractivity contribution in [2.24, 2.45) is 5.92 Å². The standard InChI is InChI=1S/C47H55N5O6S/c1-7-56-44(54)31(3)51-25-22-32(23-26-51)13-12-28-57-39-18-11-15-34(30(39)2)35-20-21-41(49-42(35)45(55)58-47(4,5)6)52-27-24-33-14-10-16-36(37(33)29-52)43(53)50-46-48-38-17-8-9-19-40(38)59-46/h8-11,14-21,31-32H,7,12-13,22-29H2,1-6H3,(H,48,50,53)/t31-/m0/s1. The third-order valence-corrected chi connectivity index (χ3v) is 12.2. The molecule has 0 saturated carbocycles. The summed E-state index contributed by atoms with van der Waals surface area (Å²) in [5.74, 6) is 1.14. The molecule has 1 atom stereocenters. The predicted octanol–water partition coefficient (Wildman–Crippen LogP) is 9.26. The first-order valence-corrected chi connectivity index (χ1v) is 21.6. The lowest BCUT2D eigenvalue weighted by atomic mass is 9.91. The summed E-state index contributed by atoms with van der Waals surface area (Å²) >= 11 is 1.45. The van der Waals surface area contributed by atoms with Crippen molar-refractivity contribution in [3.05, 3.63) is 101 Å². The number of carbonyl (C=O) groups excluding carboxylic acids is 3. The van der Waals surface area contributed by atoms with Crippen molar-refractivity contribution < 1.29 is 28.6 Å². The molecule has 5 aromatic rings. The molecule has 11 nitrogen and oxygen atoms in total. The van der Waals surface area contributed by atoms with Gasteiger partial charge in [-0.05, 0) is 151 Å². The lowest BCUT2D eigenvalue weighted by Crippen LogP contribution is -2.44. The second-order valence-corrected chi connectivity index (χ2v) is 17.5. The molecule has 3 aromatic carbocycles. The normalized spacial score (nSPS) is 15.4. The molecule has 0 radical (unpaired) electrons. The van der Waals surface area contributed by atoms with Gasteiger partial charge in [0, 0.05) is 24.2 Å². The van der Waals surface area contributed by atoms with Crippen LogP contribution in [0.25, 0.3) is 21.3 Å². The van der Waals surface area contributed by atoms with Crippen LogP contribution >= 0.6 is 11.3 Å². The Morgan fingerprint density at radius 1 is 0.932 bits per heavy atom. The quantitative estimate of drug-likeness (QED) is 0.0909. The van der Waals surface area contributed by atoms with Gasteiger partial charge in [0.1, 0.15) is 23.2 Å². The first-order valence-electron chi connectivity index (χ1n) is 20.8. The molecular weight excluding hydrogens is 763 g/mol. The van der Waals surface area contributed by atoms with Crippen LogP contribution in [0.15, 0.2) is 72.8 Å². The van der Waals surface area contributed by atoms with Crippen LogP contribution in [0.2, 0.25) is 0 Å². The summed E-state index contributed by atoms with van der Waals surface area (Å²) in [5.41, 5.74) is 5.43. The minimum Gasteiger partial charge on any atom is -0.493 e. The molecule has 0 bridgehead atoms. The third kappa shape index (κ3) is 9.93. The highest BCUT2D eigenvalue weighted by atomic mass is 32.1. The molecule has 1 N–H and O–H groups in total. The van der Waals surface area contributed by atoms with Crippen molar-refractivity contribution in [2.75, 3.05) is 43.1 Å². The number of nitrogens with one attached hydrogen (secondary N) is 1. The summed E-state index contributed by atoms with van der Waals surface area (Å²) in [5, 5.41) is 3.58. The number of piperidine rings is 1. The highest BCUT2D eigenvalue weighted by Crippen LogP contribution is 2.36. The van der Waals surface area contributed by atoms with Gasteiger partial charge in [0.15, 0.2) is 10.8 Å². The van der Waals surface area contributed by atoms with Gasteiger partial charge in [-0.25, -0.2) is 14.8 Å². The lowest BCUT2D eigenvalue weighted by Gasteiger charge is -2.34. The van der Waals surface area contributed by atoms with Crippen molar-refractivity contribution in [3.63, 3.8) is 0 Å². The number of rotatable bonds is 13. The molecule has 59 heavy (non-hydrogen) atoms. The number of pyridine rings is 1. The molecule has 1 amide bonds. The fraction of sp³-hybridized carbons (Fsp3) is 0.426. The van der Waals surface area contributed by atoms with Gasteiger partial charge in [-0.2, -0.15) is 0 Å². The Bertz CT molecular complexity index is 2280. The minimum atomic E-state index is -0.725. The molecule has 12 heteroatoms. The van der Waals surface area contributed by atoms with Crippen molar-refractivity contribution in [1.29, 1.82) is 0 Å². The van der Waals surface area contributed by atoms with Crippen LogP contribution < -0.4 is 15.0 Å². The van der Waals surface area contributed by atoms with E-state index >= 15 is 0 Å². The van der Waals surface area contributed by atoms with E-state index in [-0.39, 0.29) is 23.6 Å². The second-order valence-electron chi connectivity index (χ2n) is 16.4. The minimum absolute atomic E-state index is 0.145. The maximum Gasteiger partial charge on any atom is 0.358 e. The zero-order chi connectivity index (χ0) is 41.7. The molecule has 1 saturated heterocycles. The fourth-order valence-electron chi connectivity index (χ4n) is 8.06. The summed E-state index contributed by atoms with van der Waals surface area (Å²) in [6.45, 7) is 15.2. The number of fused-ring (bicyclic) bond motifs is 2. The molecule has 2 aliphatic rings.